The van der Waals surface area contributed by atoms with Crippen LogP contribution in [0, 0.1) is 19.7 Å². The maximum atomic E-state index is 12.8. The van der Waals surface area contributed by atoms with Gasteiger partial charge in [0.25, 0.3) is 0 Å². The minimum Gasteiger partial charge on any atom is -0.281 e. The van der Waals surface area contributed by atoms with Gasteiger partial charge in [-0.05, 0) is 62.0 Å². The van der Waals surface area contributed by atoms with E-state index in [0.29, 0.717) is 5.56 Å². The molecule has 18 heavy (non-hydrogen) atoms. The summed E-state index contributed by atoms with van der Waals surface area (Å²) in [5.74, 6) is -0.293. The molecule has 0 spiro atoms. The highest BCUT2D eigenvalue weighted by molar-refractivity contribution is 8.14. The number of aryl methyl sites for hydroxylation is 2. The van der Waals surface area contributed by atoms with E-state index < -0.39 is 0 Å². The van der Waals surface area contributed by atoms with E-state index in [4.69, 9.17) is 0 Å². The van der Waals surface area contributed by atoms with Crippen molar-refractivity contribution >= 4 is 16.9 Å². The van der Waals surface area contributed by atoms with Crippen molar-refractivity contribution in [3.63, 3.8) is 0 Å². The van der Waals surface area contributed by atoms with Crippen LogP contribution in [-0.4, -0.2) is 5.12 Å². The van der Waals surface area contributed by atoms with Gasteiger partial charge in [0.15, 0.2) is 0 Å². The quantitative estimate of drug-likeness (QED) is 0.746. The molecule has 3 heteroatoms. The van der Waals surface area contributed by atoms with Crippen molar-refractivity contribution in [2.75, 3.05) is 0 Å². The molecule has 0 unspecified atom stereocenters. The minimum atomic E-state index is -0.293. The zero-order valence-corrected chi connectivity index (χ0v) is 11.1. The lowest BCUT2D eigenvalue weighted by molar-refractivity contribution is 0.108. The van der Waals surface area contributed by atoms with Gasteiger partial charge in [-0.15, -0.1) is 0 Å². The third-order valence-electron chi connectivity index (χ3n) is 2.48. The largest absolute Gasteiger partial charge is 0.281 e. The van der Waals surface area contributed by atoms with Crippen LogP contribution in [0.2, 0.25) is 0 Å². The molecule has 0 saturated heterocycles. The van der Waals surface area contributed by atoms with Gasteiger partial charge >= 0.3 is 0 Å². The SMILES string of the molecule is Cc1cc(C)cc(C(=O)Sc2ccc(F)cc2)c1. The maximum absolute atomic E-state index is 12.8. The molecule has 0 amide bonds. The number of rotatable bonds is 2. The van der Waals surface area contributed by atoms with Gasteiger partial charge in [-0.2, -0.15) is 0 Å². The number of thioether (sulfide) groups is 1. The standard InChI is InChI=1S/C15H13FOS/c1-10-7-11(2)9-12(8-10)15(17)18-14-5-3-13(16)4-6-14/h3-9H,1-2H3. The number of hydrogen-bond acceptors (Lipinski definition) is 2. The van der Waals surface area contributed by atoms with E-state index >= 15 is 0 Å². The zero-order valence-electron chi connectivity index (χ0n) is 10.2. The fraction of sp³-hybridized carbons (Fsp3) is 0.133. The van der Waals surface area contributed by atoms with Gasteiger partial charge < -0.3 is 0 Å². The fourth-order valence-corrected chi connectivity index (χ4v) is 2.48. The number of carbonyl (C=O) groups is 1. The van der Waals surface area contributed by atoms with Crippen LogP contribution in [0.3, 0.4) is 0 Å². The van der Waals surface area contributed by atoms with Gasteiger partial charge in [-0.25, -0.2) is 4.39 Å². The Morgan fingerprint density at radius 3 is 2.11 bits per heavy atom. The normalized spacial score (nSPS) is 10.4. The van der Waals surface area contributed by atoms with E-state index in [0.717, 1.165) is 27.8 Å². The van der Waals surface area contributed by atoms with Crippen molar-refractivity contribution in [1.29, 1.82) is 0 Å². The molecular formula is C15H13FOS. The Balaban J connectivity index is 2.19. The van der Waals surface area contributed by atoms with Crippen molar-refractivity contribution in [2.24, 2.45) is 0 Å². The summed E-state index contributed by atoms with van der Waals surface area (Å²) in [6, 6.07) is 11.7. The molecule has 0 N–H and O–H groups in total. The summed E-state index contributed by atoms with van der Waals surface area (Å²) in [7, 11) is 0. The zero-order chi connectivity index (χ0) is 13.1. The van der Waals surface area contributed by atoms with Crippen molar-refractivity contribution < 1.29 is 9.18 Å². The first-order valence-electron chi connectivity index (χ1n) is 5.60. The van der Waals surface area contributed by atoms with Gasteiger partial charge in [-0.1, -0.05) is 17.2 Å². The molecule has 0 fully saturated rings. The molecule has 0 radical (unpaired) electrons. The van der Waals surface area contributed by atoms with Crippen LogP contribution in [0.15, 0.2) is 47.4 Å². The number of hydrogen-bond donors (Lipinski definition) is 0. The first kappa shape index (κ1) is 12.8. The predicted molar refractivity (Wildman–Crippen MR) is 72.5 cm³/mol. The fourth-order valence-electron chi connectivity index (χ4n) is 1.76. The van der Waals surface area contributed by atoms with Gasteiger partial charge in [-0.3, -0.25) is 4.79 Å². The van der Waals surface area contributed by atoms with Crippen molar-refractivity contribution in [2.45, 2.75) is 18.7 Å². The second-order valence-electron chi connectivity index (χ2n) is 4.22. The van der Waals surface area contributed by atoms with Crippen LogP contribution in [-0.2, 0) is 0 Å². The summed E-state index contributed by atoms with van der Waals surface area (Å²) >= 11 is 1.12. The van der Waals surface area contributed by atoms with Gasteiger partial charge in [0.2, 0.25) is 5.12 Å². The van der Waals surface area contributed by atoms with E-state index in [-0.39, 0.29) is 10.9 Å². The molecule has 0 aliphatic rings. The van der Waals surface area contributed by atoms with E-state index in [9.17, 15) is 9.18 Å². The molecule has 1 nitrogen and oxygen atoms in total. The van der Waals surface area contributed by atoms with Crippen LogP contribution in [0.1, 0.15) is 21.5 Å². The second kappa shape index (κ2) is 5.36. The Morgan fingerprint density at radius 1 is 1.00 bits per heavy atom. The Bertz CT molecular complexity index is 555. The first-order chi connectivity index (χ1) is 8.54. The third-order valence-corrected chi connectivity index (χ3v) is 3.41. The summed E-state index contributed by atoms with van der Waals surface area (Å²) in [5, 5.41) is -0.0200. The highest BCUT2D eigenvalue weighted by Gasteiger charge is 2.09. The molecule has 0 saturated carbocycles. The Hall–Kier alpha value is -1.61. The molecule has 2 aromatic carbocycles. The van der Waals surface area contributed by atoms with Crippen molar-refractivity contribution in [1.82, 2.24) is 0 Å². The molecule has 0 aromatic heterocycles. The smallest absolute Gasteiger partial charge is 0.224 e. The van der Waals surface area contributed by atoms with Gasteiger partial charge in [0.05, 0.1) is 0 Å². The molecule has 2 aromatic rings. The van der Waals surface area contributed by atoms with Crippen molar-refractivity contribution in [3.8, 4) is 0 Å². The second-order valence-corrected chi connectivity index (χ2v) is 5.27. The molecular weight excluding hydrogens is 247 g/mol. The summed E-state index contributed by atoms with van der Waals surface area (Å²) in [6.07, 6.45) is 0. The predicted octanol–water partition coefficient (Wildman–Crippen LogP) is 4.38. The van der Waals surface area contributed by atoms with Crippen LogP contribution >= 0.6 is 11.8 Å². The highest BCUT2D eigenvalue weighted by Crippen LogP contribution is 2.24. The van der Waals surface area contributed by atoms with Crippen LogP contribution in [0.4, 0.5) is 4.39 Å². The first-order valence-corrected chi connectivity index (χ1v) is 6.42. The summed E-state index contributed by atoms with van der Waals surface area (Å²) in [5.41, 5.74) is 2.82. The molecule has 0 atom stereocenters. The molecule has 92 valence electrons. The minimum absolute atomic E-state index is 0.0200. The average Bonchev–Trinajstić information content (AvgIpc) is 2.31. The number of benzene rings is 2. The lowest BCUT2D eigenvalue weighted by Crippen LogP contribution is -1.95. The van der Waals surface area contributed by atoms with Gasteiger partial charge in [0, 0.05) is 10.5 Å². The van der Waals surface area contributed by atoms with E-state index in [1.807, 2.05) is 32.0 Å². The molecule has 0 heterocycles. The topological polar surface area (TPSA) is 17.1 Å². The lowest BCUT2D eigenvalue weighted by atomic mass is 10.1. The average molecular weight is 260 g/mol. The van der Waals surface area contributed by atoms with Crippen LogP contribution in [0.25, 0.3) is 0 Å². The number of carbonyl (C=O) groups excluding carboxylic acids is 1. The monoisotopic (exact) mass is 260 g/mol. The summed E-state index contributed by atoms with van der Waals surface area (Å²) < 4.78 is 12.8. The Kier molecular flexibility index (Phi) is 3.82. The molecule has 0 aliphatic heterocycles. The lowest BCUT2D eigenvalue weighted by Gasteiger charge is -2.04. The molecule has 0 aliphatic carbocycles. The molecule has 2 rings (SSSR count). The molecule has 0 bridgehead atoms. The van der Waals surface area contributed by atoms with E-state index in [2.05, 4.69) is 0 Å². The van der Waals surface area contributed by atoms with E-state index in [1.54, 1.807) is 12.1 Å². The van der Waals surface area contributed by atoms with E-state index in [1.165, 1.54) is 12.1 Å². The summed E-state index contributed by atoms with van der Waals surface area (Å²) in [4.78, 5) is 12.8. The van der Waals surface area contributed by atoms with Crippen molar-refractivity contribution in [3.05, 3.63) is 65.0 Å². The van der Waals surface area contributed by atoms with Gasteiger partial charge in [0.1, 0.15) is 5.82 Å². The Morgan fingerprint density at radius 2 is 1.56 bits per heavy atom. The summed E-state index contributed by atoms with van der Waals surface area (Å²) in [6.45, 7) is 3.93. The van der Waals surface area contributed by atoms with Crippen LogP contribution in [0.5, 0.6) is 0 Å². The van der Waals surface area contributed by atoms with Crippen LogP contribution < -0.4 is 0 Å². The maximum Gasteiger partial charge on any atom is 0.224 e. The number of halogens is 1. The Labute approximate surface area is 110 Å². The highest BCUT2D eigenvalue weighted by atomic mass is 32.2. The third kappa shape index (κ3) is 3.20.